The first-order valence-corrected chi connectivity index (χ1v) is 9.22. The van der Waals surface area contributed by atoms with Crippen LogP contribution in [0.25, 0.3) is 0 Å². The molecule has 0 aromatic heterocycles. The Bertz CT molecular complexity index is 831. The molecule has 25 heavy (non-hydrogen) atoms. The van der Waals surface area contributed by atoms with Gasteiger partial charge < -0.3 is 9.47 Å². The third kappa shape index (κ3) is 4.30. The van der Waals surface area contributed by atoms with E-state index in [2.05, 4.69) is 0 Å². The van der Waals surface area contributed by atoms with E-state index in [4.69, 9.17) is 9.47 Å². The van der Waals surface area contributed by atoms with Crippen LogP contribution in [-0.4, -0.2) is 34.6 Å². The average molecular weight is 363 g/mol. The highest BCUT2D eigenvalue weighted by molar-refractivity contribution is 7.92. The summed E-state index contributed by atoms with van der Waals surface area (Å²) in [5.41, 5.74) is 1.21. The number of carbonyl (C=O) groups excluding carboxylic acids is 1. The molecule has 2 rings (SSSR count). The summed E-state index contributed by atoms with van der Waals surface area (Å²) in [5, 5.41) is 0. The maximum Gasteiger partial charge on any atom is 0.326 e. The number of methoxy groups -OCH3 is 1. The molecule has 0 bridgehead atoms. The molecular weight excluding hydrogens is 342 g/mol. The van der Waals surface area contributed by atoms with Crippen molar-refractivity contribution in [3.8, 4) is 5.75 Å². The van der Waals surface area contributed by atoms with Crippen molar-refractivity contribution in [2.24, 2.45) is 0 Å². The number of aryl methyl sites for hydroxylation is 1. The fourth-order valence-electron chi connectivity index (χ4n) is 2.30. The molecule has 0 unspecified atom stereocenters. The van der Waals surface area contributed by atoms with Crippen molar-refractivity contribution in [1.82, 2.24) is 0 Å². The Hall–Kier alpha value is -2.54. The zero-order valence-electron chi connectivity index (χ0n) is 14.4. The van der Waals surface area contributed by atoms with Gasteiger partial charge in [-0.3, -0.25) is 9.10 Å². The Morgan fingerprint density at radius 2 is 1.72 bits per heavy atom. The van der Waals surface area contributed by atoms with Crippen LogP contribution in [0.3, 0.4) is 0 Å². The monoisotopic (exact) mass is 363 g/mol. The van der Waals surface area contributed by atoms with Crippen molar-refractivity contribution >= 4 is 21.7 Å². The molecule has 0 saturated carbocycles. The van der Waals surface area contributed by atoms with Gasteiger partial charge in [0.25, 0.3) is 10.0 Å². The number of nitrogens with zero attached hydrogens (tertiary/aromatic N) is 1. The summed E-state index contributed by atoms with van der Waals surface area (Å²) in [7, 11) is -2.52. The molecule has 0 radical (unpaired) electrons. The first-order chi connectivity index (χ1) is 11.9. The lowest BCUT2D eigenvalue weighted by molar-refractivity contribution is -0.141. The number of hydrogen-bond donors (Lipinski definition) is 0. The fraction of sp³-hybridized carbons (Fsp3) is 0.278. The minimum Gasteiger partial charge on any atom is -0.495 e. The van der Waals surface area contributed by atoms with E-state index >= 15 is 0 Å². The van der Waals surface area contributed by atoms with Crippen LogP contribution in [0.4, 0.5) is 5.69 Å². The summed E-state index contributed by atoms with van der Waals surface area (Å²) in [6.45, 7) is 3.26. The van der Waals surface area contributed by atoms with Crippen molar-refractivity contribution in [3.63, 3.8) is 0 Å². The van der Waals surface area contributed by atoms with E-state index in [1.165, 1.54) is 19.2 Å². The highest BCUT2D eigenvalue weighted by Gasteiger charge is 2.29. The number of rotatable bonds is 7. The third-order valence-corrected chi connectivity index (χ3v) is 5.31. The first kappa shape index (κ1) is 18.8. The molecule has 0 aliphatic heterocycles. The summed E-state index contributed by atoms with van der Waals surface area (Å²) in [4.78, 5) is 12.1. The van der Waals surface area contributed by atoms with Crippen molar-refractivity contribution in [2.45, 2.75) is 18.7 Å². The number of carbonyl (C=O) groups is 1. The van der Waals surface area contributed by atoms with Gasteiger partial charge in [-0.1, -0.05) is 29.8 Å². The van der Waals surface area contributed by atoms with Gasteiger partial charge in [0.15, 0.2) is 0 Å². The van der Waals surface area contributed by atoms with Gasteiger partial charge in [-0.2, -0.15) is 0 Å². The maximum absolute atomic E-state index is 13.1. The number of esters is 1. The maximum atomic E-state index is 13.1. The number of anilines is 1. The second kappa shape index (κ2) is 8.02. The van der Waals surface area contributed by atoms with Crippen molar-refractivity contribution in [3.05, 3.63) is 54.1 Å². The zero-order valence-corrected chi connectivity index (χ0v) is 15.2. The molecule has 0 fully saturated rings. The van der Waals surface area contributed by atoms with E-state index in [1.807, 2.05) is 6.92 Å². The van der Waals surface area contributed by atoms with Gasteiger partial charge in [0.2, 0.25) is 0 Å². The van der Waals surface area contributed by atoms with Gasteiger partial charge in [-0.25, -0.2) is 8.42 Å². The van der Waals surface area contributed by atoms with E-state index in [-0.39, 0.29) is 17.2 Å². The Morgan fingerprint density at radius 3 is 2.32 bits per heavy atom. The van der Waals surface area contributed by atoms with Crippen LogP contribution in [0.2, 0.25) is 0 Å². The van der Waals surface area contributed by atoms with E-state index in [0.29, 0.717) is 5.75 Å². The number of hydrogen-bond acceptors (Lipinski definition) is 5. The molecule has 0 spiro atoms. The predicted octanol–water partition coefficient (Wildman–Crippen LogP) is 2.76. The Labute approximate surface area is 148 Å². The summed E-state index contributed by atoms with van der Waals surface area (Å²) >= 11 is 0. The van der Waals surface area contributed by atoms with E-state index in [1.54, 1.807) is 43.3 Å². The second-order valence-electron chi connectivity index (χ2n) is 5.30. The largest absolute Gasteiger partial charge is 0.495 e. The molecule has 6 nitrogen and oxygen atoms in total. The molecule has 7 heteroatoms. The van der Waals surface area contributed by atoms with Gasteiger partial charge in [0.05, 0.1) is 24.3 Å². The zero-order chi connectivity index (χ0) is 18.4. The van der Waals surface area contributed by atoms with Gasteiger partial charge in [-0.15, -0.1) is 0 Å². The van der Waals surface area contributed by atoms with Gasteiger partial charge >= 0.3 is 5.97 Å². The van der Waals surface area contributed by atoms with Crippen LogP contribution >= 0.6 is 0 Å². The lowest BCUT2D eigenvalue weighted by Gasteiger charge is -2.25. The quantitative estimate of drug-likeness (QED) is 0.707. The molecular formula is C18H21NO5S. The van der Waals surface area contributed by atoms with Crippen LogP contribution in [0.1, 0.15) is 12.5 Å². The first-order valence-electron chi connectivity index (χ1n) is 7.78. The summed E-state index contributed by atoms with van der Waals surface area (Å²) in [6, 6.07) is 13.1. The number of para-hydroxylation sites is 2. The smallest absolute Gasteiger partial charge is 0.326 e. The van der Waals surface area contributed by atoms with E-state index in [0.717, 1.165) is 9.87 Å². The standard InChI is InChI=1S/C18H21NO5S/c1-4-24-18(20)13-19(16-7-5-6-8-17(16)23-3)25(21,22)15-11-9-14(2)10-12-15/h5-12H,4,13H2,1-3H3. The highest BCUT2D eigenvalue weighted by Crippen LogP contribution is 2.32. The summed E-state index contributed by atoms with van der Waals surface area (Å²) in [6.07, 6.45) is 0. The van der Waals surface area contributed by atoms with Gasteiger partial charge in [0.1, 0.15) is 12.3 Å². The Balaban J connectivity index is 2.54. The normalized spacial score (nSPS) is 11.0. The molecule has 0 atom stereocenters. The molecule has 0 amide bonds. The average Bonchev–Trinajstić information content (AvgIpc) is 2.60. The number of benzene rings is 2. The van der Waals surface area contributed by atoms with Crippen molar-refractivity contribution in [1.29, 1.82) is 0 Å². The minimum atomic E-state index is -3.96. The highest BCUT2D eigenvalue weighted by atomic mass is 32.2. The SMILES string of the molecule is CCOC(=O)CN(c1ccccc1OC)S(=O)(=O)c1ccc(C)cc1. The number of sulfonamides is 1. The fourth-order valence-corrected chi connectivity index (χ4v) is 3.72. The molecule has 0 aliphatic rings. The molecule has 2 aromatic carbocycles. The minimum absolute atomic E-state index is 0.0910. The van der Waals surface area contributed by atoms with Crippen molar-refractivity contribution in [2.75, 3.05) is 24.6 Å². The van der Waals surface area contributed by atoms with E-state index in [9.17, 15) is 13.2 Å². The van der Waals surface area contributed by atoms with Crippen LogP contribution in [0.5, 0.6) is 5.75 Å². The molecule has 0 aliphatic carbocycles. The second-order valence-corrected chi connectivity index (χ2v) is 7.16. The van der Waals surface area contributed by atoms with Crippen LogP contribution < -0.4 is 9.04 Å². The molecule has 0 heterocycles. The molecule has 0 N–H and O–H groups in total. The lowest BCUT2D eigenvalue weighted by Crippen LogP contribution is -2.36. The topological polar surface area (TPSA) is 72.9 Å². The predicted molar refractivity (Wildman–Crippen MR) is 95.3 cm³/mol. The van der Waals surface area contributed by atoms with Gasteiger partial charge in [0, 0.05) is 0 Å². The van der Waals surface area contributed by atoms with Gasteiger partial charge in [-0.05, 0) is 38.1 Å². The van der Waals surface area contributed by atoms with Crippen LogP contribution in [0, 0.1) is 6.92 Å². The number of ether oxygens (including phenoxy) is 2. The van der Waals surface area contributed by atoms with Crippen LogP contribution in [-0.2, 0) is 19.6 Å². The Morgan fingerprint density at radius 1 is 1.08 bits per heavy atom. The third-order valence-electron chi connectivity index (χ3n) is 3.54. The van der Waals surface area contributed by atoms with E-state index < -0.39 is 22.5 Å². The lowest BCUT2D eigenvalue weighted by atomic mass is 10.2. The molecule has 0 saturated heterocycles. The van der Waals surface area contributed by atoms with Crippen LogP contribution in [0.15, 0.2) is 53.4 Å². The summed E-state index contributed by atoms with van der Waals surface area (Å²) < 4.78 is 37.4. The molecule has 2 aromatic rings. The Kier molecular flexibility index (Phi) is 6.03. The molecule has 134 valence electrons. The van der Waals surface area contributed by atoms with Crippen molar-refractivity contribution < 1.29 is 22.7 Å². The summed E-state index contributed by atoms with van der Waals surface area (Å²) in [5.74, 6) is -0.286.